The third kappa shape index (κ3) is 3.16. The average Bonchev–Trinajstić information content (AvgIpc) is 2.61. The highest BCUT2D eigenvalue weighted by Gasteiger charge is 2.54. The molecule has 1 saturated heterocycles. The Morgan fingerprint density at radius 2 is 1.67 bits per heavy atom. The average molecular weight is 325 g/mol. The maximum absolute atomic E-state index is 12.5. The molecule has 0 N–H and O–H groups in total. The molecule has 5 heteroatoms. The van der Waals surface area contributed by atoms with Crippen LogP contribution in [0.5, 0.6) is 0 Å². The van der Waals surface area contributed by atoms with Gasteiger partial charge < -0.3 is 9.47 Å². The van der Waals surface area contributed by atoms with Crippen LogP contribution >= 0.6 is 0 Å². The summed E-state index contributed by atoms with van der Waals surface area (Å²) in [5, 5.41) is 0. The summed E-state index contributed by atoms with van der Waals surface area (Å²) >= 11 is 0. The van der Waals surface area contributed by atoms with Gasteiger partial charge in [0.15, 0.2) is 12.1 Å². The van der Waals surface area contributed by atoms with Gasteiger partial charge in [-0.05, 0) is 24.6 Å². The zero-order valence-electron chi connectivity index (χ0n) is 13.4. The number of hydrogen-bond acceptors (Lipinski definition) is 4. The fourth-order valence-electron chi connectivity index (χ4n) is 2.72. The highest BCUT2D eigenvalue weighted by molar-refractivity contribution is 6.12. The second kappa shape index (κ2) is 7.27. The molecule has 1 heterocycles. The molecule has 3 rings (SSSR count). The van der Waals surface area contributed by atoms with Gasteiger partial charge in [-0.1, -0.05) is 48.5 Å². The Morgan fingerprint density at radius 3 is 2.29 bits per heavy atom. The zero-order valence-corrected chi connectivity index (χ0v) is 13.4. The van der Waals surface area contributed by atoms with Crippen molar-refractivity contribution in [2.45, 2.75) is 25.7 Å². The van der Waals surface area contributed by atoms with Crippen LogP contribution in [0.1, 0.15) is 12.5 Å². The smallest absolute Gasteiger partial charge is 0.332 e. The van der Waals surface area contributed by atoms with Gasteiger partial charge in [-0.3, -0.25) is 9.69 Å². The highest BCUT2D eigenvalue weighted by atomic mass is 16.5. The summed E-state index contributed by atoms with van der Waals surface area (Å²) in [5.74, 6) is -0.672. The normalized spacial score (nSPS) is 19.7. The lowest BCUT2D eigenvalue weighted by Crippen LogP contribution is -2.69. The Bertz CT molecular complexity index is 702. The number of esters is 1. The van der Waals surface area contributed by atoms with E-state index >= 15 is 0 Å². The van der Waals surface area contributed by atoms with E-state index in [1.807, 2.05) is 48.5 Å². The van der Waals surface area contributed by atoms with Crippen LogP contribution in [0.2, 0.25) is 0 Å². The predicted molar refractivity (Wildman–Crippen MR) is 89.4 cm³/mol. The molecule has 0 saturated carbocycles. The molecule has 0 unspecified atom stereocenters. The summed E-state index contributed by atoms with van der Waals surface area (Å²) in [7, 11) is 0. The van der Waals surface area contributed by atoms with Crippen molar-refractivity contribution < 1.29 is 19.1 Å². The van der Waals surface area contributed by atoms with Gasteiger partial charge in [0.1, 0.15) is 0 Å². The van der Waals surface area contributed by atoms with Crippen LogP contribution in [0.15, 0.2) is 60.7 Å². The first-order chi connectivity index (χ1) is 11.7. The first-order valence-electron chi connectivity index (χ1n) is 7.92. The van der Waals surface area contributed by atoms with E-state index in [4.69, 9.17) is 9.47 Å². The number of nitrogens with zero attached hydrogens (tertiary/aromatic N) is 1. The number of carbonyl (C=O) groups excluding carboxylic acids is 2. The van der Waals surface area contributed by atoms with Crippen molar-refractivity contribution in [1.29, 1.82) is 0 Å². The first kappa shape index (κ1) is 16.2. The Morgan fingerprint density at radius 1 is 1.04 bits per heavy atom. The van der Waals surface area contributed by atoms with E-state index in [-0.39, 0.29) is 19.1 Å². The molecule has 2 aromatic rings. The SMILES string of the molecule is CCOC(=O)[C@H]1[C@@H](OCc2ccccc2)C(=O)N1c1ccccc1. The molecule has 1 aliphatic heterocycles. The van der Waals surface area contributed by atoms with E-state index in [1.54, 1.807) is 19.1 Å². The molecule has 24 heavy (non-hydrogen) atoms. The number of β-lactam (4-membered cyclic amide) rings is 1. The number of carbonyl (C=O) groups is 2. The minimum Gasteiger partial charge on any atom is -0.464 e. The lowest BCUT2D eigenvalue weighted by atomic mass is 9.96. The predicted octanol–water partition coefficient (Wildman–Crippen LogP) is 2.55. The summed E-state index contributed by atoms with van der Waals surface area (Å²) in [6.07, 6.45) is -0.815. The van der Waals surface area contributed by atoms with Gasteiger partial charge in [0, 0.05) is 5.69 Å². The molecule has 1 fully saturated rings. The van der Waals surface area contributed by atoms with Gasteiger partial charge >= 0.3 is 5.97 Å². The van der Waals surface area contributed by atoms with Crippen molar-refractivity contribution in [1.82, 2.24) is 0 Å². The molecule has 0 bridgehead atoms. The van der Waals surface area contributed by atoms with Gasteiger partial charge in [0.05, 0.1) is 13.2 Å². The summed E-state index contributed by atoms with van der Waals surface area (Å²) < 4.78 is 10.8. The maximum Gasteiger partial charge on any atom is 0.332 e. The van der Waals surface area contributed by atoms with E-state index in [0.29, 0.717) is 5.69 Å². The number of hydrogen-bond donors (Lipinski definition) is 0. The fourth-order valence-corrected chi connectivity index (χ4v) is 2.72. The topological polar surface area (TPSA) is 55.8 Å². The molecule has 0 radical (unpaired) electrons. The van der Waals surface area contributed by atoms with Gasteiger partial charge in [-0.15, -0.1) is 0 Å². The van der Waals surface area contributed by atoms with Gasteiger partial charge in [-0.25, -0.2) is 4.79 Å². The summed E-state index contributed by atoms with van der Waals surface area (Å²) in [4.78, 5) is 26.2. The van der Waals surface area contributed by atoms with Gasteiger partial charge in [0.25, 0.3) is 5.91 Å². The molecule has 2 aromatic carbocycles. The molecule has 2 atom stereocenters. The third-order valence-corrected chi connectivity index (χ3v) is 3.88. The lowest BCUT2D eigenvalue weighted by Gasteiger charge is -2.44. The second-order valence-electron chi connectivity index (χ2n) is 5.46. The quantitative estimate of drug-likeness (QED) is 0.605. The number of rotatable bonds is 6. The largest absolute Gasteiger partial charge is 0.464 e. The number of amides is 1. The molecule has 0 aromatic heterocycles. The van der Waals surface area contributed by atoms with E-state index in [0.717, 1.165) is 5.56 Å². The van der Waals surface area contributed by atoms with E-state index in [2.05, 4.69) is 0 Å². The van der Waals surface area contributed by atoms with Gasteiger partial charge in [-0.2, -0.15) is 0 Å². The number of para-hydroxylation sites is 1. The molecule has 0 aliphatic carbocycles. The van der Waals surface area contributed by atoms with E-state index in [9.17, 15) is 9.59 Å². The Hall–Kier alpha value is -2.66. The molecule has 1 aliphatic rings. The minimum absolute atomic E-state index is 0.227. The lowest BCUT2D eigenvalue weighted by molar-refractivity contribution is -0.162. The highest BCUT2D eigenvalue weighted by Crippen LogP contribution is 2.31. The van der Waals surface area contributed by atoms with E-state index < -0.39 is 18.1 Å². The van der Waals surface area contributed by atoms with Crippen LogP contribution < -0.4 is 4.90 Å². The standard InChI is InChI=1S/C19H19NO4/c1-2-23-19(22)16-17(24-13-14-9-5-3-6-10-14)18(21)20(16)15-11-7-4-8-12-15/h3-12,16-17H,2,13H2,1H3/t16-,17-/m1/s1. The minimum atomic E-state index is -0.815. The number of anilines is 1. The molecule has 0 spiro atoms. The molecular formula is C19H19NO4. The Balaban J connectivity index is 1.75. The summed E-state index contributed by atoms with van der Waals surface area (Å²) in [6, 6.07) is 17.9. The zero-order chi connectivity index (χ0) is 16.9. The molecular weight excluding hydrogens is 306 g/mol. The van der Waals surface area contributed by atoms with E-state index in [1.165, 1.54) is 4.90 Å². The fraction of sp³-hybridized carbons (Fsp3) is 0.263. The summed E-state index contributed by atoms with van der Waals surface area (Å²) in [5.41, 5.74) is 1.62. The third-order valence-electron chi connectivity index (χ3n) is 3.88. The maximum atomic E-state index is 12.5. The second-order valence-corrected chi connectivity index (χ2v) is 5.46. The van der Waals surface area contributed by atoms with Crippen molar-refractivity contribution >= 4 is 17.6 Å². The van der Waals surface area contributed by atoms with Gasteiger partial charge in [0.2, 0.25) is 0 Å². The van der Waals surface area contributed by atoms with Crippen LogP contribution in [0.25, 0.3) is 0 Å². The van der Waals surface area contributed by atoms with Crippen LogP contribution in [0.3, 0.4) is 0 Å². The monoisotopic (exact) mass is 325 g/mol. The molecule has 124 valence electrons. The van der Waals surface area contributed by atoms with Crippen molar-refractivity contribution in [3.8, 4) is 0 Å². The first-order valence-corrected chi connectivity index (χ1v) is 7.92. The van der Waals surface area contributed by atoms with Crippen molar-refractivity contribution in [2.75, 3.05) is 11.5 Å². The van der Waals surface area contributed by atoms with Crippen molar-refractivity contribution in [3.63, 3.8) is 0 Å². The van der Waals surface area contributed by atoms with Crippen LogP contribution in [0, 0.1) is 0 Å². The van der Waals surface area contributed by atoms with Crippen molar-refractivity contribution in [2.24, 2.45) is 0 Å². The Labute approximate surface area is 140 Å². The summed E-state index contributed by atoms with van der Waals surface area (Å²) in [6.45, 7) is 2.28. The molecule has 5 nitrogen and oxygen atoms in total. The van der Waals surface area contributed by atoms with Crippen LogP contribution in [-0.2, 0) is 25.7 Å². The van der Waals surface area contributed by atoms with Crippen LogP contribution in [0.4, 0.5) is 5.69 Å². The van der Waals surface area contributed by atoms with Crippen molar-refractivity contribution in [3.05, 3.63) is 66.2 Å². The number of ether oxygens (including phenoxy) is 2. The number of benzene rings is 2. The molecule has 1 amide bonds. The Kier molecular flexibility index (Phi) is 4.91. The van der Waals surface area contributed by atoms with Crippen LogP contribution in [-0.4, -0.2) is 30.6 Å².